The summed E-state index contributed by atoms with van der Waals surface area (Å²) in [6, 6.07) is 13.9. The van der Waals surface area contributed by atoms with Gasteiger partial charge in [0, 0.05) is 42.7 Å². The second-order valence-electron chi connectivity index (χ2n) is 7.54. The van der Waals surface area contributed by atoms with Crippen LogP contribution in [0.15, 0.2) is 54.9 Å². The van der Waals surface area contributed by atoms with Crippen molar-refractivity contribution in [3.8, 4) is 11.3 Å². The number of benzene rings is 1. The van der Waals surface area contributed by atoms with Crippen LogP contribution in [0.1, 0.15) is 24.0 Å². The number of hydrogen-bond acceptors (Lipinski definition) is 5. The van der Waals surface area contributed by atoms with E-state index in [1.165, 1.54) is 0 Å². The van der Waals surface area contributed by atoms with Crippen LogP contribution in [0.2, 0.25) is 0 Å². The van der Waals surface area contributed by atoms with E-state index in [4.69, 9.17) is 0 Å². The van der Waals surface area contributed by atoms with Crippen LogP contribution in [0.5, 0.6) is 0 Å². The summed E-state index contributed by atoms with van der Waals surface area (Å²) in [5, 5.41) is 11.9. The van der Waals surface area contributed by atoms with E-state index in [0.29, 0.717) is 0 Å². The molecule has 0 atom stereocenters. The predicted octanol–water partition coefficient (Wildman–Crippen LogP) is 4.01. The van der Waals surface area contributed by atoms with Gasteiger partial charge in [-0.15, -0.1) is 10.2 Å². The second kappa shape index (κ2) is 8.39. The minimum absolute atomic E-state index is 0.0212. The van der Waals surface area contributed by atoms with E-state index in [9.17, 15) is 4.79 Å². The van der Waals surface area contributed by atoms with Gasteiger partial charge in [-0.1, -0.05) is 18.2 Å². The average Bonchev–Trinajstić information content (AvgIpc) is 2.77. The molecule has 0 aliphatic carbocycles. The van der Waals surface area contributed by atoms with Gasteiger partial charge in [-0.05, 0) is 62.1 Å². The molecule has 29 heavy (non-hydrogen) atoms. The summed E-state index contributed by atoms with van der Waals surface area (Å²) in [5.41, 5.74) is 4.90. The highest BCUT2D eigenvalue weighted by Crippen LogP contribution is 2.26. The van der Waals surface area contributed by atoms with Crippen LogP contribution in [0, 0.1) is 19.8 Å². The summed E-state index contributed by atoms with van der Waals surface area (Å²) in [7, 11) is 0. The van der Waals surface area contributed by atoms with Gasteiger partial charge in [-0.3, -0.25) is 9.78 Å². The number of anilines is 2. The van der Waals surface area contributed by atoms with Crippen molar-refractivity contribution in [2.24, 2.45) is 5.92 Å². The Morgan fingerprint density at radius 3 is 2.38 bits per heavy atom. The number of rotatable bonds is 4. The molecule has 1 N–H and O–H groups in total. The first-order chi connectivity index (χ1) is 14.1. The Balaban J connectivity index is 1.36. The fraction of sp³-hybridized carbons (Fsp3) is 0.304. The van der Waals surface area contributed by atoms with Crippen molar-refractivity contribution in [2.75, 3.05) is 23.3 Å². The molecule has 1 fully saturated rings. The summed E-state index contributed by atoms with van der Waals surface area (Å²) in [6.45, 7) is 5.65. The quantitative estimate of drug-likeness (QED) is 0.732. The monoisotopic (exact) mass is 387 g/mol. The minimum atomic E-state index is 0.0212. The molecule has 3 heterocycles. The van der Waals surface area contributed by atoms with Gasteiger partial charge in [-0.2, -0.15) is 0 Å². The molecule has 6 nitrogen and oxygen atoms in total. The number of amides is 1. The van der Waals surface area contributed by atoms with Crippen LogP contribution in [-0.4, -0.2) is 34.2 Å². The highest BCUT2D eigenvalue weighted by Gasteiger charge is 2.26. The van der Waals surface area contributed by atoms with Gasteiger partial charge in [-0.25, -0.2) is 0 Å². The molecule has 1 aromatic carbocycles. The number of carbonyl (C=O) groups is 1. The van der Waals surface area contributed by atoms with Crippen LogP contribution in [-0.2, 0) is 4.79 Å². The first-order valence-corrected chi connectivity index (χ1v) is 9.98. The molecule has 3 aromatic rings. The standard InChI is InChI=1S/C23H25N5O/c1-16-5-3-6-17(2)22(16)25-23(29)18-10-13-28(14-11-18)21-9-8-20(26-27-21)19-7-4-12-24-15-19/h3-9,12,15,18H,10-11,13-14H2,1-2H3,(H,25,29). The van der Waals surface area contributed by atoms with Crippen LogP contribution in [0.4, 0.5) is 11.5 Å². The number of nitrogens with one attached hydrogen (secondary N) is 1. The zero-order chi connectivity index (χ0) is 20.2. The molecule has 148 valence electrons. The first-order valence-electron chi connectivity index (χ1n) is 9.98. The van der Waals surface area contributed by atoms with Crippen molar-refractivity contribution in [1.82, 2.24) is 15.2 Å². The van der Waals surface area contributed by atoms with Gasteiger partial charge in [0.15, 0.2) is 5.82 Å². The van der Waals surface area contributed by atoms with Crippen molar-refractivity contribution in [2.45, 2.75) is 26.7 Å². The van der Waals surface area contributed by atoms with Crippen molar-refractivity contribution in [3.05, 3.63) is 66.0 Å². The number of nitrogens with zero attached hydrogens (tertiary/aromatic N) is 4. The molecule has 4 rings (SSSR count). The molecule has 1 saturated heterocycles. The largest absolute Gasteiger partial charge is 0.355 e. The van der Waals surface area contributed by atoms with Gasteiger partial charge >= 0.3 is 0 Å². The highest BCUT2D eigenvalue weighted by atomic mass is 16.1. The summed E-state index contributed by atoms with van der Waals surface area (Å²) in [4.78, 5) is 19.1. The van der Waals surface area contributed by atoms with Crippen LogP contribution in [0.25, 0.3) is 11.3 Å². The summed E-state index contributed by atoms with van der Waals surface area (Å²) >= 11 is 0. The summed E-state index contributed by atoms with van der Waals surface area (Å²) in [6.07, 6.45) is 5.14. The number of aromatic nitrogens is 3. The Morgan fingerprint density at radius 2 is 1.76 bits per heavy atom. The number of carbonyl (C=O) groups excluding carboxylic acids is 1. The Morgan fingerprint density at radius 1 is 1.00 bits per heavy atom. The minimum Gasteiger partial charge on any atom is -0.355 e. The first kappa shape index (κ1) is 19.1. The summed E-state index contributed by atoms with van der Waals surface area (Å²) in [5.74, 6) is 0.985. The van der Waals surface area contributed by atoms with Crippen LogP contribution in [0.3, 0.4) is 0 Å². The third-order valence-electron chi connectivity index (χ3n) is 5.53. The van der Waals surface area contributed by atoms with Gasteiger partial charge < -0.3 is 10.2 Å². The van der Waals surface area contributed by atoms with E-state index in [1.807, 2.05) is 56.3 Å². The normalized spacial score (nSPS) is 14.6. The number of para-hydroxylation sites is 1. The lowest BCUT2D eigenvalue weighted by Gasteiger charge is -2.32. The highest BCUT2D eigenvalue weighted by molar-refractivity contribution is 5.94. The molecule has 0 bridgehead atoms. The number of piperidine rings is 1. The van der Waals surface area contributed by atoms with Gasteiger partial charge in [0.2, 0.25) is 5.91 Å². The number of hydrogen-bond donors (Lipinski definition) is 1. The van der Waals surface area contributed by atoms with Gasteiger partial charge in [0.05, 0.1) is 5.69 Å². The lowest BCUT2D eigenvalue weighted by Crippen LogP contribution is -2.38. The van der Waals surface area contributed by atoms with Crippen LogP contribution < -0.4 is 10.2 Å². The van der Waals surface area contributed by atoms with E-state index in [1.54, 1.807) is 12.4 Å². The van der Waals surface area contributed by atoms with Crippen molar-refractivity contribution in [1.29, 1.82) is 0 Å². The molecule has 1 aliphatic rings. The van der Waals surface area contributed by atoms with Crippen LogP contribution >= 0.6 is 0 Å². The maximum Gasteiger partial charge on any atom is 0.227 e. The predicted molar refractivity (Wildman–Crippen MR) is 115 cm³/mol. The lowest BCUT2D eigenvalue weighted by atomic mass is 9.95. The van der Waals surface area contributed by atoms with E-state index in [0.717, 1.165) is 59.8 Å². The molecule has 0 saturated carbocycles. The fourth-order valence-electron chi connectivity index (χ4n) is 3.77. The Bertz CT molecular complexity index is 960. The third kappa shape index (κ3) is 4.26. The van der Waals surface area contributed by atoms with Gasteiger partial charge in [0.25, 0.3) is 0 Å². The molecule has 1 amide bonds. The lowest BCUT2D eigenvalue weighted by molar-refractivity contribution is -0.120. The zero-order valence-corrected chi connectivity index (χ0v) is 16.8. The molecule has 0 unspecified atom stereocenters. The maximum absolute atomic E-state index is 12.8. The zero-order valence-electron chi connectivity index (χ0n) is 16.8. The molecular weight excluding hydrogens is 362 g/mol. The molecule has 0 radical (unpaired) electrons. The second-order valence-corrected chi connectivity index (χ2v) is 7.54. The number of aryl methyl sites for hydroxylation is 2. The molecule has 6 heteroatoms. The topological polar surface area (TPSA) is 71.0 Å². The van der Waals surface area contributed by atoms with Crippen molar-refractivity contribution >= 4 is 17.4 Å². The van der Waals surface area contributed by atoms with Crippen molar-refractivity contribution in [3.63, 3.8) is 0 Å². The fourth-order valence-corrected chi connectivity index (χ4v) is 3.77. The van der Waals surface area contributed by atoms with E-state index in [-0.39, 0.29) is 11.8 Å². The smallest absolute Gasteiger partial charge is 0.227 e. The molecule has 2 aromatic heterocycles. The Kier molecular flexibility index (Phi) is 5.51. The average molecular weight is 387 g/mol. The Hall–Kier alpha value is -3.28. The van der Waals surface area contributed by atoms with E-state index in [2.05, 4.69) is 25.4 Å². The SMILES string of the molecule is Cc1cccc(C)c1NC(=O)C1CCN(c2ccc(-c3cccnc3)nn2)CC1. The summed E-state index contributed by atoms with van der Waals surface area (Å²) < 4.78 is 0. The van der Waals surface area contributed by atoms with Gasteiger partial charge in [0.1, 0.15) is 0 Å². The molecule has 0 spiro atoms. The molecular formula is C23H25N5O. The van der Waals surface area contributed by atoms with E-state index < -0.39 is 0 Å². The molecule has 1 aliphatic heterocycles. The Labute approximate surface area is 171 Å². The van der Waals surface area contributed by atoms with E-state index >= 15 is 0 Å². The number of pyridine rings is 1. The maximum atomic E-state index is 12.8. The van der Waals surface area contributed by atoms with Crippen molar-refractivity contribution < 1.29 is 4.79 Å². The third-order valence-corrected chi connectivity index (χ3v) is 5.53.